The van der Waals surface area contributed by atoms with Gasteiger partial charge in [-0.05, 0) is 36.7 Å². The third-order valence-corrected chi connectivity index (χ3v) is 3.41. The molecule has 0 saturated carbocycles. The topological polar surface area (TPSA) is 50.4 Å². The molecule has 0 aliphatic rings. The van der Waals surface area contributed by atoms with E-state index in [9.17, 15) is 9.18 Å². The molecule has 0 aliphatic carbocycles. The van der Waals surface area contributed by atoms with E-state index in [1.54, 1.807) is 25.3 Å². The summed E-state index contributed by atoms with van der Waals surface area (Å²) in [6.07, 6.45) is 0.957. The van der Waals surface area contributed by atoms with E-state index in [0.717, 1.165) is 0 Å². The minimum absolute atomic E-state index is 0.0726. The molecule has 0 spiro atoms. The molecule has 2 aromatic carbocycles. The first-order chi connectivity index (χ1) is 11.2. The maximum atomic E-state index is 13.4. The number of hydrogen-bond donors (Lipinski definition) is 2. The Morgan fingerprint density at radius 3 is 2.74 bits per heavy atom. The zero-order chi connectivity index (χ0) is 16.5. The van der Waals surface area contributed by atoms with Crippen LogP contribution in [-0.4, -0.2) is 26.1 Å². The highest BCUT2D eigenvalue weighted by Crippen LogP contribution is 2.16. The lowest BCUT2D eigenvalue weighted by Crippen LogP contribution is -2.23. The van der Waals surface area contributed by atoms with Crippen molar-refractivity contribution in [1.82, 2.24) is 5.32 Å². The molecule has 2 rings (SSSR count). The maximum absolute atomic E-state index is 13.4. The SMILES string of the molecule is COc1cccc(NC(=O)CCNCCc2ccccc2F)c1. The fourth-order valence-corrected chi connectivity index (χ4v) is 2.18. The van der Waals surface area contributed by atoms with Crippen molar-refractivity contribution < 1.29 is 13.9 Å². The molecule has 0 bridgehead atoms. The van der Waals surface area contributed by atoms with Gasteiger partial charge in [0, 0.05) is 24.7 Å². The number of amides is 1. The van der Waals surface area contributed by atoms with Gasteiger partial charge < -0.3 is 15.4 Å². The van der Waals surface area contributed by atoms with Crippen LogP contribution in [0.2, 0.25) is 0 Å². The zero-order valence-electron chi connectivity index (χ0n) is 13.1. The highest BCUT2D eigenvalue weighted by molar-refractivity contribution is 5.90. The Morgan fingerprint density at radius 2 is 1.96 bits per heavy atom. The molecule has 0 aliphatic heterocycles. The first-order valence-electron chi connectivity index (χ1n) is 7.57. The first-order valence-corrected chi connectivity index (χ1v) is 7.57. The zero-order valence-corrected chi connectivity index (χ0v) is 13.1. The lowest BCUT2D eigenvalue weighted by Gasteiger charge is -2.08. The van der Waals surface area contributed by atoms with E-state index < -0.39 is 0 Å². The lowest BCUT2D eigenvalue weighted by atomic mass is 10.1. The summed E-state index contributed by atoms with van der Waals surface area (Å²) >= 11 is 0. The van der Waals surface area contributed by atoms with Crippen LogP contribution in [0.3, 0.4) is 0 Å². The van der Waals surface area contributed by atoms with Gasteiger partial charge in [0.05, 0.1) is 7.11 Å². The Kier molecular flexibility index (Phi) is 6.56. The number of carbonyl (C=O) groups is 1. The normalized spacial score (nSPS) is 10.3. The predicted octanol–water partition coefficient (Wildman–Crippen LogP) is 3.00. The van der Waals surface area contributed by atoms with Crippen LogP contribution in [0.5, 0.6) is 5.75 Å². The van der Waals surface area contributed by atoms with Crippen molar-refractivity contribution in [2.45, 2.75) is 12.8 Å². The van der Waals surface area contributed by atoms with Gasteiger partial charge in [-0.2, -0.15) is 0 Å². The second-order valence-corrected chi connectivity index (χ2v) is 5.12. The summed E-state index contributed by atoms with van der Waals surface area (Å²) in [4.78, 5) is 11.8. The molecule has 23 heavy (non-hydrogen) atoms. The van der Waals surface area contributed by atoms with Gasteiger partial charge in [0.25, 0.3) is 0 Å². The van der Waals surface area contributed by atoms with Crippen molar-refractivity contribution >= 4 is 11.6 Å². The second-order valence-electron chi connectivity index (χ2n) is 5.12. The van der Waals surface area contributed by atoms with Crippen LogP contribution < -0.4 is 15.4 Å². The van der Waals surface area contributed by atoms with Gasteiger partial charge in [0.2, 0.25) is 5.91 Å². The molecule has 122 valence electrons. The van der Waals surface area contributed by atoms with E-state index in [2.05, 4.69) is 10.6 Å². The molecule has 2 N–H and O–H groups in total. The molecule has 0 radical (unpaired) electrons. The van der Waals surface area contributed by atoms with E-state index in [-0.39, 0.29) is 11.7 Å². The van der Waals surface area contributed by atoms with Crippen molar-refractivity contribution in [2.24, 2.45) is 0 Å². The summed E-state index contributed by atoms with van der Waals surface area (Å²) < 4.78 is 18.5. The third kappa shape index (κ3) is 5.71. The van der Waals surface area contributed by atoms with Crippen molar-refractivity contribution in [3.8, 4) is 5.75 Å². The van der Waals surface area contributed by atoms with Gasteiger partial charge in [-0.1, -0.05) is 24.3 Å². The number of ether oxygens (including phenoxy) is 1. The van der Waals surface area contributed by atoms with Crippen LogP contribution in [0, 0.1) is 5.82 Å². The van der Waals surface area contributed by atoms with Crippen LogP contribution >= 0.6 is 0 Å². The van der Waals surface area contributed by atoms with Crippen molar-refractivity contribution in [2.75, 3.05) is 25.5 Å². The van der Waals surface area contributed by atoms with Gasteiger partial charge >= 0.3 is 0 Å². The molecule has 0 fully saturated rings. The summed E-state index contributed by atoms with van der Waals surface area (Å²) in [5.41, 5.74) is 1.39. The summed E-state index contributed by atoms with van der Waals surface area (Å²) in [5.74, 6) is 0.438. The van der Waals surface area contributed by atoms with Gasteiger partial charge in [0.1, 0.15) is 11.6 Å². The van der Waals surface area contributed by atoms with Gasteiger partial charge in [-0.15, -0.1) is 0 Å². The smallest absolute Gasteiger partial charge is 0.225 e. The Balaban J connectivity index is 1.66. The molecule has 0 unspecified atom stereocenters. The first kappa shape index (κ1) is 17.0. The molecule has 2 aromatic rings. The van der Waals surface area contributed by atoms with Gasteiger partial charge in [-0.25, -0.2) is 4.39 Å². The minimum Gasteiger partial charge on any atom is -0.497 e. The van der Waals surface area contributed by atoms with Crippen LogP contribution in [-0.2, 0) is 11.2 Å². The fraction of sp³-hybridized carbons (Fsp3) is 0.278. The molecule has 0 saturated heterocycles. The summed E-state index contributed by atoms with van der Waals surface area (Å²) in [6.45, 7) is 1.18. The average Bonchev–Trinajstić information content (AvgIpc) is 2.56. The summed E-state index contributed by atoms with van der Waals surface area (Å²) in [5, 5.41) is 5.96. The Morgan fingerprint density at radius 1 is 1.13 bits per heavy atom. The maximum Gasteiger partial charge on any atom is 0.225 e. The quantitative estimate of drug-likeness (QED) is 0.736. The molecule has 0 aromatic heterocycles. The molecule has 0 heterocycles. The highest BCUT2D eigenvalue weighted by Gasteiger charge is 2.04. The number of rotatable bonds is 8. The summed E-state index contributed by atoms with van der Waals surface area (Å²) in [7, 11) is 1.58. The van der Waals surface area contributed by atoms with Crippen molar-refractivity contribution in [3.05, 3.63) is 59.9 Å². The van der Waals surface area contributed by atoms with E-state index in [0.29, 0.717) is 42.9 Å². The monoisotopic (exact) mass is 316 g/mol. The largest absolute Gasteiger partial charge is 0.497 e. The van der Waals surface area contributed by atoms with E-state index in [1.807, 2.05) is 24.3 Å². The van der Waals surface area contributed by atoms with Gasteiger partial charge in [-0.3, -0.25) is 4.79 Å². The number of nitrogens with one attached hydrogen (secondary N) is 2. The number of hydrogen-bond acceptors (Lipinski definition) is 3. The third-order valence-electron chi connectivity index (χ3n) is 3.41. The molecule has 0 atom stereocenters. The Labute approximate surface area is 135 Å². The molecule has 5 heteroatoms. The van der Waals surface area contributed by atoms with Crippen molar-refractivity contribution in [1.29, 1.82) is 0 Å². The molecule has 4 nitrogen and oxygen atoms in total. The minimum atomic E-state index is -0.190. The molecule has 1 amide bonds. The van der Waals surface area contributed by atoms with E-state index in [4.69, 9.17) is 4.74 Å². The van der Waals surface area contributed by atoms with Crippen LogP contribution in [0.4, 0.5) is 10.1 Å². The number of methoxy groups -OCH3 is 1. The standard InChI is InChI=1S/C18H21FN2O2/c1-23-16-7-4-6-15(13-16)21-18(22)10-12-20-11-9-14-5-2-3-8-17(14)19/h2-8,13,20H,9-12H2,1H3,(H,21,22). The second kappa shape index (κ2) is 8.90. The van der Waals surface area contributed by atoms with Crippen molar-refractivity contribution in [3.63, 3.8) is 0 Å². The van der Waals surface area contributed by atoms with Crippen LogP contribution in [0.25, 0.3) is 0 Å². The van der Waals surface area contributed by atoms with Crippen LogP contribution in [0.15, 0.2) is 48.5 Å². The average molecular weight is 316 g/mol. The number of benzene rings is 2. The Hall–Kier alpha value is -2.40. The van der Waals surface area contributed by atoms with E-state index >= 15 is 0 Å². The van der Waals surface area contributed by atoms with Gasteiger partial charge in [0.15, 0.2) is 0 Å². The number of anilines is 1. The molecular weight excluding hydrogens is 295 g/mol. The highest BCUT2D eigenvalue weighted by atomic mass is 19.1. The molecular formula is C18H21FN2O2. The number of carbonyl (C=O) groups excluding carboxylic acids is 1. The number of halogens is 1. The predicted molar refractivity (Wildman–Crippen MR) is 89.2 cm³/mol. The Bertz CT molecular complexity index is 646. The fourth-order valence-electron chi connectivity index (χ4n) is 2.18. The van der Waals surface area contributed by atoms with Crippen LogP contribution in [0.1, 0.15) is 12.0 Å². The summed E-state index contributed by atoms with van der Waals surface area (Å²) in [6, 6.07) is 13.9. The van der Waals surface area contributed by atoms with E-state index in [1.165, 1.54) is 6.07 Å². The lowest BCUT2D eigenvalue weighted by molar-refractivity contribution is -0.116.